The van der Waals surface area contributed by atoms with Crippen LogP contribution in [0.25, 0.3) is 0 Å². The van der Waals surface area contributed by atoms with Gasteiger partial charge in [0, 0.05) is 6.61 Å². The van der Waals surface area contributed by atoms with E-state index in [2.05, 4.69) is 0 Å². The van der Waals surface area contributed by atoms with E-state index in [-0.39, 0.29) is 84.8 Å². The van der Waals surface area contributed by atoms with Gasteiger partial charge in [-0.25, -0.2) is 0 Å². The molecule has 11 heteroatoms. The van der Waals surface area contributed by atoms with Crippen molar-refractivity contribution in [1.82, 2.24) is 0 Å². The van der Waals surface area contributed by atoms with Gasteiger partial charge in [0.25, 0.3) is 0 Å². The summed E-state index contributed by atoms with van der Waals surface area (Å²) in [7, 11) is -5.48. The third-order valence-electron chi connectivity index (χ3n) is 4.91. The second kappa shape index (κ2) is 16.4. The third kappa shape index (κ3) is 8.69. The molecule has 1 N–H and O–H groups in total. The number of carboxylic acids is 2. The van der Waals surface area contributed by atoms with Crippen molar-refractivity contribution >= 4 is 22.1 Å². The molecule has 0 heterocycles. The first-order chi connectivity index (χ1) is 12.6. The van der Waals surface area contributed by atoms with Crippen LogP contribution in [0.4, 0.5) is 0 Å². The first-order valence-corrected chi connectivity index (χ1v) is 11.0. The van der Waals surface area contributed by atoms with E-state index in [9.17, 15) is 32.8 Å². The molecule has 0 saturated carbocycles. The zero-order valence-electron chi connectivity index (χ0n) is 18.5. The molecule has 0 spiro atoms. The topological polar surface area (TPSA) is 144 Å². The van der Waals surface area contributed by atoms with Crippen LogP contribution in [0.1, 0.15) is 85.0 Å². The van der Waals surface area contributed by atoms with E-state index in [0.717, 1.165) is 25.7 Å². The number of rotatable bonds is 16. The molecule has 0 saturated heterocycles. The standard InChI is InChI=1S/C18H34O8S.2Na/c1-4-7-9-11-13-17(15(19)20,14-12-10-8-5-2)18(16(21)22,26-6-3)27(23,24)25;;/h4-14H2,1-3H3,(H,19,20)(H,21,22)(H,23,24,25);;/q;2*+1/p-2. The fourth-order valence-electron chi connectivity index (χ4n) is 3.52. The summed E-state index contributed by atoms with van der Waals surface area (Å²) in [6.45, 7) is 4.77. The molecular weight excluding hydrogens is 422 g/mol. The van der Waals surface area contributed by atoms with Crippen LogP contribution in [-0.2, 0) is 24.4 Å². The molecule has 1 atom stereocenters. The minimum absolute atomic E-state index is 0. The van der Waals surface area contributed by atoms with E-state index in [1.165, 1.54) is 6.92 Å². The monoisotopic (exact) mass is 454 g/mol. The van der Waals surface area contributed by atoms with Crippen LogP contribution in [0.3, 0.4) is 0 Å². The molecule has 29 heavy (non-hydrogen) atoms. The normalized spacial score (nSPS) is 13.7. The molecule has 0 aromatic heterocycles. The van der Waals surface area contributed by atoms with Gasteiger partial charge in [-0.15, -0.1) is 0 Å². The minimum Gasteiger partial charge on any atom is -0.549 e. The fourth-order valence-corrected chi connectivity index (χ4v) is 4.78. The third-order valence-corrected chi connectivity index (χ3v) is 6.32. The summed E-state index contributed by atoms with van der Waals surface area (Å²) in [5, 5.41) is 24.1. The van der Waals surface area contributed by atoms with Gasteiger partial charge < -0.3 is 24.5 Å². The Morgan fingerprint density at radius 3 is 1.48 bits per heavy atom. The number of aliphatic carboxylic acids is 2. The Kier molecular flexibility index (Phi) is 19.5. The number of hydrogen-bond donors (Lipinski definition) is 1. The van der Waals surface area contributed by atoms with Gasteiger partial charge in [0.15, 0.2) is 0 Å². The Hall–Kier alpha value is 0.810. The van der Waals surface area contributed by atoms with E-state index in [4.69, 9.17) is 4.74 Å². The number of ether oxygens (including phenoxy) is 1. The minimum atomic E-state index is -5.48. The Labute approximate surface area is 218 Å². The summed E-state index contributed by atoms with van der Waals surface area (Å²) in [5.74, 6) is -4.16. The van der Waals surface area contributed by atoms with E-state index < -0.39 is 39.0 Å². The summed E-state index contributed by atoms with van der Waals surface area (Å²) >= 11 is 0. The van der Waals surface area contributed by atoms with Gasteiger partial charge in [-0.05, 0) is 19.8 Å². The Morgan fingerprint density at radius 1 is 0.828 bits per heavy atom. The van der Waals surface area contributed by atoms with Crippen molar-refractivity contribution in [1.29, 1.82) is 0 Å². The Bertz CT molecular complexity index is 570. The number of carboxylic acid groups (broad SMARTS) is 2. The largest absolute Gasteiger partial charge is 1.00 e. The van der Waals surface area contributed by atoms with Gasteiger partial charge in [0.1, 0.15) is 0 Å². The molecule has 0 aliphatic carbocycles. The van der Waals surface area contributed by atoms with E-state index >= 15 is 0 Å². The maximum Gasteiger partial charge on any atom is 1.00 e. The number of hydrogen-bond acceptors (Lipinski definition) is 7. The molecule has 0 bridgehead atoms. The van der Waals surface area contributed by atoms with Crippen LogP contribution in [0.5, 0.6) is 0 Å². The predicted molar refractivity (Wildman–Crippen MR) is 95.9 cm³/mol. The molecule has 0 radical (unpaired) electrons. The number of carbonyl (C=O) groups is 2. The molecule has 1 unspecified atom stereocenters. The number of unbranched alkanes of at least 4 members (excludes halogenated alkanes) is 6. The van der Waals surface area contributed by atoms with Gasteiger partial charge in [0.2, 0.25) is 4.93 Å². The van der Waals surface area contributed by atoms with Crippen LogP contribution < -0.4 is 69.3 Å². The van der Waals surface area contributed by atoms with Crippen LogP contribution in [0.2, 0.25) is 0 Å². The Morgan fingerprint density at radius 2 is 1.24 bits per heavy atom. The smallest absolute Gasteiger partial charge is 0.549 e. The van der Waals surface area contributed by atoms with Crippen molar-refractivity contribution in [2.24, 2.45) is 5.41 Å². The van der Waals surface area contributed by atoms with Gasteiger partial charge >= 0.3 is 69.2 Å². The first kappa shape index (κ1) is 34.4. The van der Waals surface area contributed by atoms with Crippen molar-refractivity contribution in [3.8, 4) is 0 Å². The van der Waals surface area contributed by atoms with Crippen LogP contribution in [-0.4, -0.2) is 36.4 Å². The molecule has 0 rings (SSSR count). The molecule has 0 fully saturated rings. The average Bonchev–Trinajstić information content (AvgIpc) is 2.57. The van der Waals surface area contributed by atoms with E-state index in [0.29, 0.717) is 12.8 Å². The van der Waals surface area contributed by atoms with E-state index in [1.807, 2.05) is 13.8 Å². The van der Waals surface area contributed by atoms with Gasteiger partial charge in [0.05, 0.1) is 17.4 Å². The molecule has 0 amide bonds. The quantitative estimate of drug-likeness (QED) is 0.139. The Balaban J connectivity index is -0.00000338. The van der Waals surface area contributed by atoms with Crippen molar-refractivity contribution < 1.29 is 96.6 Å². The summed E-state index contributed by atoms with van der Waals surface area (Å²) in [6.07, 6.45) is 4.32. The molecule has 0 aromatic carbocycles. The SMILES string of the molecule is CCCCCCC(CCCCCC)(C(=O)[O-])C(OCC)(C(=O)[O-])S(=O)(=O)O.[Na+].[Na+]. The summed E-state index contributed by atoms with van der Waals surface area (Å²) in [4.78, 5) is 20.7. The average molecular weight is 454 g/mol. The van der Waals surface area contributed by atoms with Crippen LogP contribution in [0, 0.1) is 5.41 Å². The van der Waals surface area contributed by atoms with Crippen molar-refractivity contribution in [2.45, 2.75) is 89.9 Å². The second-order valence-corrected chi connectivity index (χ2v) is 8.33. The second-order valence-electron chi connectivity index (χ2n) is 6.80. The molecule has 0 aliphatic heterocycles. The van der Waals surface area contributed by atoms with Gasteiger partial charge in [-0.1, -0.05) is 65.2 Å². The zero-order chi connectivity index (χ0) is 21.1. The maximum absolute atomic E-state index is 12.2. The predicted octanol–water partition coefficient (Wildman–Crippen LogP) is -4.96. The molecule has 8 nitrogen and oxygen atoms in total. The zero-order valence-corrected chi connectivity index (χ0v) is 23.3. The van der Waals surface area contributed by atoms with Crippen LogP contribution >= 0.6 is 0 Å². The van der Waals surface area contributed by atoms with Crippen molar-refractivity contribution in [3.05, 3.63) is 0 Å². The first-order valence-electron chi connectivity index (χ1n) is 9.61. The van der Waals surface area contributed by atoms with Gasteiger partial charge in [-0.2, -0.15) is 8.42 Å². The van der Waals surface area contributed by atoms with Crippen LogP contribution in [0.15, 0.2) is 0 Å². The van der Waals surface area contributed by atoms with E-state index in [1.54, 1.807) is 0 Å². The molecule has 160 valence electrons. The fraction of sp³-hybridized carbons (Fsp3) is 0.889. The summed E-state index contributed by atoms with van der Waals surface area (Å²) in [5.41, 5.74) is -2.45. The number of carbonyl (C=O) groups excluding carboxylic acids is 2. The molecular formula is C18H32Na2O8S. The summed E-state index contributed by atoms with van der Waals surface area (Å²) < 4.78 is 39.0. The maximum atomic E-state index is 12.2. The molecule has 0 aromatic rings. The molecule has 0 aliphatic rings. The van der Waals surface area contributed by atoms with Gasteiger partial charge in [-0.3, -0.25) is 4.55 Å². The summed E-state index contributed by atoms with van der Waals surface area (Å²) in [6, 6.07) is 0. The van der Waals surface area contributed by atoms with Crippen molar-refractivity contribution in [2.75, 3.05) is 6.61 Å². The van der Waals surface area contributed by atoms with Crippen molar-refractivity contribution in [3.63, 3.8) is 0 Å².